The van der Waals surface area contributed by atoms with Crippen LogP contribution in [0.25, 0.3) is 16.7 Å². The largest absolute Gasteiger partial charge is 0.478 e. The van der Waals surface area contributed by atoms with Gasteiger partial charge in [-0.15, -0.1) is 0 Å². The zero-order chi connectivity index (χ0) is 13.1. The van der Waals surface area contributed by atoms with Gasteiger partial charge in [0.15, 0.2) is 11.5 Å². The van der Waals surface area contributed by atoms with Crippen molar-refractivity contribution in [2.75, 3.05) is 0 Å². The van der Waals surface area contributed by atoms with Crippen molar-refractivity contribution in [3.05, 3.63) is 47.9 Å². The Bertz CT molecular complexity index is 650. The second kappa shape index (κ2) is 4.87. The normalized spacial score (nSPS) is 12.4. The van der Waals surface area contributed by atoms with Crippen LogP contribution in [-0.4, -0.2) is 16.1 Å². The monoisotopic (exact) mass is 243 g/mol. The quantitative estimate of drug-likeness (QED) is 0.664. The van der Waals surface area contributed by atoms with Gasteiger partial charge in [0, 0.05) is 13.0 Å². The van der Waals surface area contributed by atoms with Crippen LogP contribution in [-0.2, 0) is 4.79 Å². The maximum atomic E-state index is 10.4. The maximum Gasteiger partial charge on any atom is 0.328 e. The van der Waals surface area contributed by atoms with E-state index in [9.17, 15) is 4.79 Å². The van der Waals surface area contributed by atoms with E-state index >= 15 is 0 Å². The Balaban J connectivity index is 2.32. The predicted molar refractivity (Wildman–Crippen MR) is 69.2 cm³/mol. The van der Waals surface area contributed by atoms with Gasteiger partial charge in [-0.1, -0.05) is 18.2 Å². The fourth-order valence-electron chi connectivity index (χ4n) is 1.66. The molecule has 0 radical (unpaired) electrons. The van der Waals surface area contributed by atoms with E-state index in [1.807, 2.05) is 25.1 Å². The van der Waals surface area contributed by atoms with Crippen LogP contribution in [0.1, 0.15) is 18.4 Å². The molecular weight excluding hydrogens is 230 g/mol. The summed E-state index contributed by atoms with van der Waals surface area (Å²) in [4.78, 5) is 14.6. The number of hydrogen-bond acceptors (Lipinski definition) is 3. The first-order chi connectivity index (χ1) is 8.56. The van der Waals surface area contributed by atoms with Crippen LogP contribution in [0.4, 0.5) is 0 Å². The molecule has 4 nitrogen and oxygen atoms in total. The molecule has 1 aromatic carbocycles. The number of hydrogen-bond donors (Lipinski definition) is 1. The van der Waals surface area contributed by atoms with E-state index in [2.05, 4.69) is 4.98 Å². The zero-order valence-electron chi connectivity index (χ0n) is 10.2. The van der Waals surface area contributed by atoms with Gasteiger partial charge in [0.25, 0.3) is 0 Å². The van der Waals surface area contributed by atoms with Crippen molar-refractivity contribution in [2.24, 2.45) is 0 Å². The van der Waals surface area contributed by atoms with Crippen molar-refractivity contribution >= 4 is 22.6 Å². The highest BCUT2D eigenvalue weighted by Gasteiger charge is 2.03. The van der Waals surface area contributed by atoms with Crippen molar-refractivity contribution < 1.29 is 14.3 Å². The first-order valence-corrected chi connectivity index (χ1v) is 5.52. The number of allylic oxidation sites excluding steroid dienone is 3. The van der Waals surface area contributed by atoms with E-state index in [1.54, 1.807) is 13.0 Å². The van der Waals surface area contributed by atoms with Gasteiger partial charge in [-0.2, -0.15) is 0 Å². The Morgan fingerprint density at radius 3 is 2.94 bits per heavy atom. The van der Waals surface area contributed by atoms with Gasteiger partial charge in [0.05, 0.1) is 0 Å². The summed E-state index contributed by atoms with van der Waals surface area (Å²) in [6.07, 6.45) is 4.35. The number of benzene rings is 1. The summed E-state index contributed by atoms with van der Waals surface area (Å²) in [5.41, 5.74) is 3.50. The molecule has 1 heterocycles. The van der Waals surface area contributed by atoms with E-state index < -0.39 is 5.97 Å². The molecule has 0 saturated heterocycles. The standard InChI is InChI=1S/C14H13NO3/c1-9(4-3-5-14(16)17)11-6-7-12-13(8-11)18-10(2)15-12/h3-8H,1-2H3,(H,16,17)/b5-3+,9-4+. The van der Waals surface area contributed by atoms with Crippen LogP contribution < -0.4 is 0 Å². The summed E-state index contributed by atoms with van der Waals surface area (Å²) < 4.78 is 5.45. The first kappa shape index (κ1) is 12.1. The Kier molecular flexibility index (Phi) is 3.28. The van der Waals surface area contributed by atoms with Crippen LogP contribution in [0.5, 0.6) is 0 Å². The molecule has 0 saturated carbocycles. The van der Waals surface area contributed by atoms with Crippen LogP contribution in [0.2, 0.25) is 0 Å². The molecule has 0 amide bonds. The van der Waals surface area contributed by atoms with Crippen molar-refractivity contribution in [3.8, 4) is 0 Å². The van der Waals surface area contributed by atoms with E-state index in [4.69, 9.17) is 9.52 Å². The molecule has 0 fully saturated rings. The average molecular weight is 243 g/mol. The van der Waals surface area contributed by atoms with Gasteiger partial charge in [-0.05, 0) is 30.2 Å². The van der Waals surface area contributed by atoms with Crippen molar-refractivity contribution in [2.45, 2.75) is 13.8 Å². The highest BCUT2D eigenvalue weighted by molar-refractivity contribution is 5.82. The molecule has 1 N–H and O–H groups in total. The van der Waals surface area contributed by atoms with Gasteiger partial charge >= 0.3 is 5.97 Å². The Morgan fingerprint density at radius 2 is 2.22 bits per heavy atom. The first-order valence-electron chi connectivity index (χ1n) is 5.52. The lowest BCUT2D eigenvalue weighted by molar-refractivity contribution is -0.131. The van der Waals surface area contributed by atoms with Crippen LogP contribution in [0.3, 0.4) is 0 Å². The Morgan fingerprint density at radius 1 is 1.44 bits per heavy atom. The zero-order valence-corrected chi connectivity index (χ0v) is 10.2. The number of carbonyl (C=O) groups is 1. The minimum absolute atomic E-state index is 0.634. The summed E-state index contributed by atoms with van der Waals surface area (Å²) in [6.45, 7) is 3.72. The third kappa shape index (κ3) is 2.66. The molecule has 0 spiro atoms. The number of rotatable bonds is 3. The second-order valence-electron chi connectivity index (χ2n) is 3.96. The minimum atomic E-state index is -0.958. The van der Waals surface area contributed by atoms with Crippen molar-refractivity contribution in [1.29, 1.82) is 0 Å². The van der Waals surface area contributed by atoms with Gasteiger partial charge in [-0.3, -0.25) is 0 Å². The van der Waals surface area contributed by atoms with Crippen molar-refractivity contribution in [3.63, 3.8) is 0 Å². The van der Waals surface area contributed by atoms with Gasteiger partial charge in [0.1, 0.15) is 5.52 Å². The number of aliphatic carboxylic acids is 1. The van der Waals surface area contributed by atoms with Gasteiger partial charge < -0.3 is 9.52 Å². The van der Waals surface area contributed by atoms with E-state index in [1.165, 1.54) is 6.08 Å². The summed E-state index contributed by atoms with van der Waals surface area (Å²) in [5, 5.41) is 8.50. The topological polar surface area (TPSA) is 63.3 Å². The number of carboxylic acids is 1. The Hall–Kier alpha value is -2.36. The highest BCUT2D eigenvalue weighted by Crippen LogP contribution is 2.21. The fourth-order valence-corrected chi connectivity index (χ4v) is 1.66. The minimum Gasteiger partial charge on any atom is -0.478 e. The lowest BCUT2D eigenvalue weighted by Gasteiger charge is -1.99. The molecule has 0 bridgehead atoms. The molecule has 0 atom stereocenters. The highest BCUT2D eigenvalue weighted by atomic mass is 16.4. The lowest BCUT2D eigenvalue weighted by Crippen LogP contribution is -1.85. The third-order valence-electron chi connectivity index (χ3n) is 2.54. The fraction of sp³-hybridized carbons (Fsp3) is 0.143. The van der Waals surface area contributed by atoms with Gasteiger partial charge in [-0.25, -0.2) is 9.78 Å². The Labute approximate surface area is 104 Å². The molecule has 1 aromatic heterocycles. The summed E-state index contributed by atoms with van der Waals surface area (Å²) >= 11 is 0. The molecule has 0 aliphatic heterocycles. The molecule has 2 rings (SSSR count). The van der Waals surface area contributed by atoms with E-state index in [-0.39, 0.29) is 0 Å². The average Bonchev–Trinajstić information content (AvgIpc) is 2.67. The molecule has 92 valence electrons. The number of aromatic nitrogens is 1. The van der Waals surface area contributed by atoms with Crippen molar-refractivity contribution in [1.82, 2.24) is 4.98 Å². The molecular formula is C14H13NO3. The molecule has 4 heteroatoms. The number of oxazole rings is 1. The van der Waals surface area contributed by atoms with Crippen LogP contribution in [0, 0.1) is 6.92 Å². The SMILES string of the molecule is C/C(=C\C=C\C(=O)O)c1ccc2nc(C)oc2c1. The van der Waals surface area contributed by atoms with E-state index in [0.29, 0.717) is 5.89 Å². The smallest absolute Gasteiger partial charge is 0.328 e. The second-order valence-corrected chi connectivity index (χ2v) is 3.96. The number of fused-ring (bicyclic) bond motifs is 1. The number of carboxylic acid groups (broad SMARTS) is 1. The number of nitrogens with zero attached hydrogens (tertiary/aromatic N) is 1. The lowest BCUT2D eigenvalue weighted by atomic mass is 10.1. The third-order valence-corrected chi connectivity index (χ3v) is 2.54. The van der Waals surface area contributed by atoms with Crippen LogP contribution in [0.15, 0.2) is 40.8 Å². The molecule has 0 aliphatic carbocycles. The molecule has 18 heavy (non-hydrogen) atoms. The summed E-state index contributed by atoms with van der Waals surface area (Å²) in [6, 6.07) is 5.72. The predicted octanol–water partition coefficient (Wildman–Crippen LogP) is 3.18. The number of aryl methyl sites for hydroxylation is 1. The van der Waals surface area contributed by atoms with E-state index in [0.717, 1.165) is 28.3 Å². The summed E-state index contributed by atoms with van der Waals surface area (Å²) in [7, 11) is 0. The molecule has 2 aromatic rings. The molecule has 0 unspecified atom stereocenters. The van der Waals surface area contributed by atoms with Crippen LogP contribution >= 0.6 is 0 Å². The maximum absolute atomic E-state index is 10.4. The van der Waals surface area contributed by atoms with Gasteiger partial charge in [0.2, 0.25) is 0 Å². The summed E-state index contributed by atoms with van der Waals surface area (Å²) in [5.74, 6) is -0.324. The molecule has 0 aliphatic rings.